The molecule has 1 saturated heterocycles. The van der Waals surface area contributed by atoms with Crippen molar-refractivity contribution in [2.45, 2.75) is 38.3 Å². The molecular weight excluding hydrogens is 404 g/mol. The predicted molar refractivity (Wildman–Crippen MR) is 113 cm³/mol. The van der Waals surface area contributed by atoms with E-state index in [-0.39, 0.29) is 18.2 Å². The molecule has 0 atom stereocenters. The molecule has 0 aromatic heterocycles. The summed E-state index contributed by atoms with van der Waals surface area (Å²) >= 11 is 6.19. The molecule has 1 saturated carbocycles. The van der Waals surface area contributed by atoms with Crippen molar-refractivity contribution in [2.75, 3.05) is 0 Å². The molecule has 1 heterocycles. The molecule has 1 aliphatic carbocycles. The highest BCUT2D eigenvalue weighted by atomic mass is 35.5. The van der Waals surface area contributed by atoms with Gasteiger partial charge in [-0.25, -0.2) is 4.79 Å². The van der Waals surface area contributed by atoms with Crippen LogP contribution in [0.4, 0.5) is 4.79 Å². The van der Waals surface area contributed by atoms with Gasteiger partial charge >= 0.3 is 6.03 Å². The zero-order valence-corrected chi connectivity index (χ0v) is 17.0. The molecule has 4 rings (SSSR count). The topological polar surface area (TPSA) is 75.7 Å². The van der Waals surface area contributed by atoms with E-state index in [0.29, 0.717) is 16.3 Å². The Labute approximate surface area is 179 Å². The lowest BCUT2D eigenvalue weighted by Gasteiger charge is -2.31. The van der Waals surface area contributed by atoms with Crippen LogP contribution >= 0.6 is 11.6 Å². The number of barbiturate groups is 1. The zero-order valence-electron chi connectivity index (χ0n) is 16.3. The van der Waals surface area contributed by atoms with E-state index in [1.807, 2.05) is 18.2 Å². The number of halogens is 1. The number of para-hydroxylation sites is 1. The van der Waals surface area contributed by atoms with Crippen LogP contribution < -0.4 is 10.1 Å². The van der Waals surface area contributed by atoms with Crippen LogP contribution in [0.5, 0.6) is 5.75 Å². The summed E-state index contributed by atoms with van der Waals surface area (Å²) < 4.78 is 5.91. The molecule has 4 amide bonds. The molecule has 2 fully saturated rings. The van der Waals surface area contributed by atoms with Crippen molar-refractivity contribution in [1.82, 2.24) is 10.2 Å². The first kappa shape index (κ1) is 20.2. The van der Waals surface area contributed by atoms with E-state index >= 15 is 0 Å². The number of ether oxygens (including phenoxy) is 1. The molecule has 7 heteroatoms. The summed E-state index contributed by atoms with van der Waals surface area (Å²) in [5.41, 5.74) is 1.32. The van der Waals surface area contributed by atoms with Gasteiger partial charge in [-0.2, -0.15) is 0 Å². The first-order valence-electron chi connectivity index (χ1n) is 9.90. The van der Waals surface area contributed by atoms with Crippen molar-refractivity contribution in [3.63, 3.8) is 0 Å². The third kappa shape index (κ3) is 4.09. The van der Waals surface area contributed by atoms with E-state index in [4.69, 9.17) is 16.3 Å². The second kappa shape index (κ2) is 8.71. The van der Waals surface area contributed by atoms with Gasteiger partial charge in [0.2, 0.25) is 0 Å². The molecule has 2 aromatic rings. The van der Waals surface area contributed by atoms with Gasteiger partial charge in [-0.3, -0.25) is 19.8 Å². The van der Waals surface area contributed by atoms with Crippen LogP contribution in [-0.2, 0) is 16.2 Å². The number of imide groups is 2. The maximum absolute atomic E-state index is 13.0. The highest BCUT2D eigenvalue weighted by Crippen LogP contribution is 2.29. The lowest BCUT2D eigenvalue weighted by Crippen LogP contribution is -2.57. The number of urea groups is 1. The van der Waals surface area contributed by atoms with Crippen molar-refractivity contribution in [2.24, 2.45) is 0 Å². The minimum Gasteiger partial charge on any atom is -0.488 e. The first-order chi connectivity index (χ1) is 14.5. The summed E-state index contributed by atoms with van der Waals surface area (Å²) in [5.74, 6) is -0.744. The minimum absolute atomic E-state index is 0.0738. The molecule has 0 radical (unpaired) electrons. The van der Waals surface area contributed by atoms with Crippen molar-refractivity contribution in [3.05, 3.63) is 70.3 Å². The van der Waals surface area contributed by atoms with Gasteiger partial charge in [-0.05, 0) is 31.1 Å². The molecule has 1 aliphatic heterocycles. The van der Waals surface area contributed by atoms with Gasteiger partial charge in [0.1, 0.15) is 17.9 Å². The van der Waals surface area contributed by atoms with Crippen molar-refractivity contribution in [3.8, 4) is 5.75 Å². The highest BCUT2D eigenvalue weighted by molar-refractivity contribution is 6.31. The summed E-state index contributed by atoms with van der Waals surface area (Å²) in [5, 5.41) is 2.89. The van der Waals surface area contributed by atoms with E-state index in [2.05, 4.69) is 5.32 Å². The summed E-state index contributed by atoms with van der Waals surface area (Å²) in [7, 11) is 0. The average Bonchev–Trinajstić information content (AvgIpc) is 3.25. The molecule has 0 spiro atoms. The van der Waals surface area contributed by atoms with Crippen molar-refractivity contribution in [1.29, 1.82) is 0 Å². The maximum atomic E-state index is 13.0. The number of carbonyl (C=O) groups excluding carboxylic acids is 3. The van der Waals surface area contributed by atoms with Crippen LogP contribution in [0.2, 0.25) is 5.02 Å². The lowest BCUT2D eigenvalue weighted by molar-refractivity contribution is -0.131. The number of rotatable bonds is 5. The molecule has 2 aromatic carbocycles. The summed E-state index contributed by atoms with van der Waals surface area (Å²) in [6.45, 7) is 0.243. The van der Waals surface area contributed by atoms with Crippen LogP contribution in [0.3, 0.4) is 0 Å². The van der Waals surface area contributed by atoms with E-state index < -0.39 is 17.8 Å². The predicted octanol–water partition coefficient (Wildman–Crippen LogP) is 4.32. The SMILES string of the molecule is O=C1NC(=O)N(C2CCCC2)C(=O)/C1=C/c1ccccc1OCc1ccccc1Cl. The third-order valence-electron chi connectivity index (χ3n) is 5.38. The second-order valence-electron chi connectivity index (χ2n) is 7.35. The number of benzene rings is 2. The zero-order chi connectivity index (χ0) is 21.1. The largest absolute Gasteiger partial charge is 0.488 e. The second-order valence-corrected chi connectivity index (χ2v) is 7.76. The number of carbonyl (C=O) groups is 3. The maximum Gasteiger partial charge on any atom is 0.331 e. The van der Waals surface area contributed by atoms with Crippen molar-refractivity contribution < 1.29 is 19.1 Å². The van der Waals surface area contributed by atoms with E-state index in [0.717, 1.165) is 31.2 Å². The molecule has 0 bridgehead atoms. The Morgan fingerprint density at radius 1 is 1.03 bits per heavy atom. The smallest absolute Gasteiger partial charge is 0.331 e. The van der Waals surface area contributed by atoms with E-state index in [9.17, 15) is 14.4 Å². The minimum atomic E-state index is -0.694. The van der Waals surface area contributed by atoms with Crippen molar-refractivity contribution >= 4 is 35.5 Å². The van der Waals surface area contributed by atoms with Crippen LogP contribution in [0.15, 0.2) is 54.1 Å². The Morgan fingerprint density at radius 3 is 2.50 bits per heavy atom. The lowest BCUT2D eigenvalue weighted by atomic mass is 10.0. The Morgan fingerprint density at radius 2 is 1.73 bits per heavy atom. The van der Waals surface area contributed by atoms with Gasteiger partial charge in [0.05, 0.1) is 0 Å². The van der Waals surface area contributed by atoms with Crippen LogP contribution in [-0.4, -0.2) is 28.8 Å². The van der Waals surface area contributed by atoms with Gasteiger partial charge in [-0.1, -0.05) is 60.8 Å². The van der Waals surface area contributed by atoms with Crippen LogP contribution in [0.1, 0.15) is 36.8 Å². The molecular formula is C23H21ClN2O4. The fourth-order valence-corrected chi connectivity index (χ4v) is 4.01. The van der Waals surface area contributed by atoms with Gasteiger partial charge in [0, 0.05) is 22.2 Å². The molecule has 6 nitrogen and oxygen atoms in total. The molecule has 0 unspecified atom stereocenters. The van der Waals surface area contributed by atoms with Gasteiger partial charge in [0.15, 0.2) is 0 Å². The molecule has 1 N–H and O–H groups in total. The Bertz CT molecular complexity index is 1030. The summed E-state index contributed by atoms with van der Waals surface area (Å²) in [6, 6.07) is 13.7. The quantitative estimate of drug-likeness (QED) is 0.572. The summed E-state index contributed by atoms with van der Waals surface area (Å²) in [6.07, 6.45) is 4.94. The van der Waals surface area contributed by atoms with E-state index in [1.165, 1.54) is 11.0 Å². The van der Waals surface area contributed by atoms with Crippen LogP contribution in [0, 0.1) is 0 Å². The fraction of sp³-hybridized carbons (Fsp3) is 0.261. The number of nitrogens with one attached hydrogen (secondary N) is 1. The number of amides is 4. The third-order valence-corrected chi connectivity index (χ3v) is 5.75. The monoisotopic (exact) mass is 424 g/mol. The fourth-order valence-electron chi connectivity index (χ4n) is 3.82. The average molecular weight is 425 g/mol. The molecule has 154 valence electrons. The molecule has 30 heavy (non-hydrogen) atoms. The highest BCUT2D eigenvalue weighted by Gasteiger charge is 2.40. The van der Waals surface area contributed by atoms with Gasteiger partial charge in [-0.15, -0.1) is 0 Å². The Hall–Kier alpha value is -3.12. The van der Waals surface area contributed by atoms with Crippen LogP contribution in [0.25, 0.3) is 6.08 Å². The number of hydrogen-bond acceptors (Lipinski definition) is 4. The van der Waals surface area contributed by atoms with Gasteiger partial charge < -0.3 is 4.74 Å². The molecule has 2 aliphatic rings. The summed E-state index contributed by atoms with van der Waals surface area (Å²) in [4.78, 5) is 38.9. The number of nitrogens with zero attached hydrogens (tertiary/aromatic N) is 1. The number of hydrogen-bond donors (Lipinski definition) is 1. The normalized spacial score (nSPS) is 18.8. The van der Waals surface area contributed by atoms with Gasteiger partial charge in [0.25, 0.3) is 11.8 Å². The Balaban J connectivity index is 1.60. The Kier molecular flexibility index (Phi) is 5.86. The standard InChI is InChI=1S/C23H21ClN2O4/c24-19-11-5-1-8-16(19)14-30-20-12-6-2-7-15(20)13-18-21(27)25-23(29)26(22(18)28)17-9-3-4-10-17/h1-2,5-8,11-13,17H,3-4,9-10,14H2,(H,25,27,29)/b18-13+. The van der Waals surface area contributed by atoms with E-state index in [1.54, 1.807) is 30.3 Å². The first-order valence-corrected chi connectivity index (χ1v) is 10.3.